The Balaban J connectivity index is 1.82. The highest BCUT2D eigenvalue weighted by molar-refractivity contribution is 5.37. The molecule has 0 saturated carbocycles. The lowest BCUT2D eigenvalue weighted by molar-refractivity contribution is 0.414. The molecule has 1 N–H and O–H groups in total. The Kier molecular flexibility index (Phi) is 3.91. The second kappa shape index (κ2) is 5.84. The largest absolute Gasteiger partial charge is 0.497 e. The van der Waals surface area contributed by atoms with Gasteiger partial charge >= 0.3 is 0 Å². The van der Waals surface area contributed by atoms with Gasteiger partial charge < -0.3 is 10.1 Å². The number of hydrogen-bond donors (Lipinski definition) is 1. The van der Waals surface area contributed by atoms with E-state index in [1.807, 2.05) is 12.1 Å². The first kappa shape index (κ1) is 11.4. The first-order chi connectivity index (χ1) is 8.38. The number of nitrogens with one attached hydrogen (secondary N) is 1. The van der Waals surface area contributed by atoms with Gasteiger partial charge in [0.2, 0.25) is 0 Å². The van der Waals surface area contributed by atoms with Crippen molar-refractivity contribution in [2.75, 3.05) is 19.0 Å². The third-order valence-electron chi connectivity index (χ3n) is 2.46. The van der Waals surface area contributed by atoms with E-state index in [4.69, 9.17) is 4.74 Å². The predicted molar refractivity (Wildman–Crippen MR) is 67.2 cm³/mol. The summed E-state index contributed by atoms with van der Waals surface area (Å²) in [7, 11) is 1.67. The minimum atomic E-state index is 0.861. The molecule has 0 amide bonds. The lowest BCUT2D eigenvalue weighted by atomic mass is 10.1. The molecule has 0 fully saturated rings. The van der Waals surface area contributed by atoms with Crippen molar-refractivity contribution in [3.8, 4) is 5.75 Å². The van der Waals surface area contributed by atoms with E-state index in [0.717, 1.165) is 24.4 Å². The number of ether oxygens (including phenoxy) is 1. The van der Waals surface area contributed by atoms with Crippen molar-refractivity contribution in [2.45, 2.75) is 6.42 Å². The van der Waals surface area contributed by atoms with Gasteiger partial charge in [0.1, 0.15) is 12.1 Å². The van der Waals surface area contributed by atoms with Crippen molar-refractivity contribution in [3.05, 3.63) is 48.5 Å². The van der Waals surface area contributed by atoms with Crippen LogP contribution >= 0.6 is 0 Å². The predicted octanol–water partition coefficient (Wildman–Crippen LogP) is 2.14. The summed E-state index contributed by atoms with van der Waals surface area (Å²) in [6, 6.07) is 8.09. The monoisotopic (exact) mass is 229 g/mol. The van der Waals surface area contributed by atoms with Crippen LogP contribution in [0.15, 0.2) is 43.0 Å². The van der Waals surface area contributed by atoms with Crippen LogP contribution in [-0.2, 0) is 6.42 Å². The molecule has 0 bridgehead atoms. The third-order valence-corrected chi connectivity index (χ3v) is 2.46. The number of rotatable bonds is 5. The summed E-state index contributed by atoms with van der Waals surface area (Å²) < 4.78 is 5.11. The van der Waals surface area contributed by atoms with Crippen LogP contribution in [0.3, 0.4) is 0 Å². The molecular formula is C13H15N3O. The summed E-state index contributed by atoms with van der Waals surface area (Å²) in [4.78, 5) is 7.89. The molecule has 88 valence electrons. The van der Waals surface area contributed by atoms with Crippen molar-refractivity contribution in [3.63, 3.8) is 0 Å². The summed E-state index contributed by atoms with van der Waals surface area (Å²) in [6.07, 6.45) is 6.01. The van der Waals surface area contributed by atoms with E-state index < -0.39 is 0 Å². The maximum atomic E-state index is 5.11. The van der Waals surface area contributed by atoms with E-state index in [2.05, 4.69) is 27.4 Å². The summed E-state index contributed by atoms with van der Waals surface area (Å²) >= 11 is 0. The lowest BCUT2D eigenvalue weighted by Crippen LogP contribution is -2.05. The standard InChI is InChI=1S/C13H15N3O/c1-17-13-4-2-11(3-5-13)6-7-16-12-8-14-10-15-9-12/h2-5,8-10,16H,6-7H2,1H3. The Labute approximate surface area is 101 Å². The Morgan fingerprint density at radius 3 is 2.47 bits per heavy atom. The molecule has 1 aromatic carbocycles. The summed E-state index contributed by atoms with van der Waals surface area (Å²) in [5.41, 5.74) is 2.22. The fourth-order valence-corrected chi connectivity index (χ4v) is 1.53. The zero-order valence-electron chi connectivity index (χ0n) is 9.76. The van der Waals surface area contributed by atoms with Crippen LogP contribution in [0.1, 0.15) is 5.56 Å². The number of nitrogens with zero attached hydrogens (tertiary/aromatic N) is 2. The number of benzene rings is 1. The van der Waals surface area contributed by atoms with E-state index in [1.165, 1.54) is 11.9 Å². The molecule has 0 radical (unpaired) electrons. The summed E-state index contributed by atoms with van der Waals surface area (Å²) in [6.45, 7) is 0.861. The summed E-state index contributed by atoms with van der Waals surface area (Å²) in [5, 5.41) is 3.27. The van der Waals surface area contributed by atoms with Crippen LogP contribution < -0.4 is 10.1 Å². The van der Waals surface area contributed by atoms with Crippen molar-refractivity contribution in [2.24, 2.45) is 0 Å². The molecular weight excluding hydrogens is 214 g/mol. The number of anilines is 1. The SMILES string of the molecule is COc1ccc(CCNc2cncnc2)cc1. The summed E-state index contributed by atoms with van der Waals surface area (Å²) in [5.74, 6) is 0.887. The minimum absolute atomic E-state index is 0.861. The topological polar surface area (TPSA) is 47.0 Å². The molecule has 17 heavy (non-hydrogen) atoms. The Bertz CT molecular complexity index is 442. The van der Waals surface area contributed by atoms with Crippen LogP contribution in [-0.4, -0.2) is 23.6 Å². The zero-order valence-corrected chi connectivity index (χ0v) is 9.76. The molecule has 2 rings (SSSR count). The van der Waals surface area contributed by atoms with E-state index >= 15 is 0 Å². The number of aromatic nitrogens is 2. The molecule has 4 heteroatoms. The normalized spacial score (nSPS) is 9.94. The van der Waals surface area contributed by atoms with Gasteiger partial charge in [0.25, 0.3) is 0 Å². The molecule has 0 aliphatic rings. The molecule has 0 spiro atoms. The van der Waals surface area contributed by atoms with Crippen molar-refractivity contribution < 1.29 is 4.74 Å². The molecule has 1 heterocycles. The maximum Gasteiger partial charge on any atom is 0.118 e. The van der Waals surface area contributed by atoms with Crippen LogP contribution in [0, 0.1) is 0 Å². The van der Waals surface area contributed by atoms with Gasteiger partial charge in [0.05, 0.1) is 25.2 Å². The van der Waals surface area contributed by atoms with Gasteiger partial charge in [-0.25, -0.2) is 9.97 Å². The Morgan fingerprint density at radius 1 is 1.12 bits per heavy atom. The second-order valence-electron chi connectivity index (χ2n) is 3.65. The fraction of sp³-hybridized carbons (Fsp3) is 0.231. The molecule has 2 aromatic rings. The van der Waals surface area contributed by atoms with Gasteiger partial charge in [-0.1, -0.05) is 12.1 Å². The average Bonchev–Trinajstić information content (AvgIpc) is 2.41. The van der Waals surface area contributed by atoms with Crippen molar-refractivity contribution >= 4 is 5.69 Å². The highest BCUT2D eigenvalue weighted by atomic mass is 16.5. The van der Waals surface area contributed by atoms with Crippen molar-refractivity contribution in [1.29, 1.82) is 0 Å². The van der Waals surface area contributed by atoms with Gasteiger partial charge in [-0.2, -0.15) is 0 Å². The first-order valence-electron chi connectivity index (χ1n) is 5.50. The molecule has 0 aliphatic carbocycles. The molecule has 4 nitrogen and oxygen atoms in total. The average molecular weight is 229 g/mol. The molecule has 0 unspecified atom stereocenters. The van der Waals surface area contributed by atoms with Gasteiger partial charge in [-0.15, -0.1) is 0 Å². The van der Waals surface area contributed by atoms with Gasteiger partial charge in [0.15, 0.2) is 0 Å². The highest BCUT2D eigenvalue weighted by Gasteiger charge is 1.95. The van der Waals surface area contributed by atoms with E-state index in [0.29, 0.717) is 0 Å². The van der Waals surface area contributed by atoms with Crippen LogP contribution in [0.2, 0.25) is 0 Å². The smallest absolute Gasteiger partial charge is 0.118 e. The zero-order chi connectivity index (χ0) is 11.9. The van der Waals surface area contributed by atoms with Crippen LogP contribution in [0.4, 0.5) is 5.69 Å². The molecule has 0 saturated heterocycles. The van der Waals surface area contributed by atoms with Crippen LogP contribution in [0.25, 0.3) is 0 Å². The van der Waals surface area contributed by atoms with E-state index in [1.54, 1.807) is 19.5 Å². The maximum absolute atomic E-state index is 5.11. The lowest BCUT2D eigenvalue weighted by Gasteiger charge is -2.06. The number of hydrogen-bond acceptors (Lipinski definition) is 4. The Hall–Kier alpha value is -2.10. The minimum Gasteiger partial charge on any atom is -0.497 e. The first-order valence-corrected chi connectivity index (χ1v) is 5.50. The quantitative estimate of drug-likeness (QED) is 0.853. The van der Waals surface area contributed by atoms with Gasteiger partial charge in [-0.05, 0) is 24.1 Å². The van der Waals surface area contributed by atoms with Gasteiger partial charge in [-0.3, -0.25) is 0 Å². The van der Waals surface area contributed by atoms with Crippen molar-refractivity contribution in [1.82, 2.24) is 9.97 Å². The molecule has 0 aliphatic heterocycles. The number of methoxy groups -OCH3 is 1. The molecule has 1 aromatic heterocycles. The van der Waals surface area contributed by atoms with Crippen LogP contribution in [0.5, 0.6) is 5.75 Å². The second-order valence-corrected chi connectivity index (χ2v) is 3.65. The fourth-order valence-electron chi connectivity index (χ4n) is 1.53. The molecule has 0 atom stereocenters. The Morgan fingerprint density at radius 2 is 1.82 bits per heavy atom. The van der Waals surface area contributed by atoms with E-state index in [-0.39, 0.29) is 0 Å². The highest BCUT2D eigenvalue weighted by Crippen LogP contribution is 2.11. The third kappa shape index (κ3) is 3.45. The van der Waals surface area contributed by atoms with Gasteiger partial charge in [0, 0.05) is 6.54 Å². The van der Waals surface area contributed by atoms with E-state index in [9.17, 15) is 0 Å².